The molecule has 22 heavy (non-hydrogen) atoms. The summed E-state index contributed by atoms with van der Waals surface area (Å²) in [6.07, 6.45) is 0.891. The number of carbonyl (C=O) groups excluding carboxylic acids is 1. The van der Waals surface area contributed by atoms with Gasteiger partial charge in [0.15, 0.2) is 6.61 Å². The average molecular weight is 319 g/mol. The maximum Gasteiger partial charge on any atom is 0.257 e. The normalized spacial score (nSPS) is 10.2. The maximum absolute atomic E-state index is 12.7. The Morgan fingerprint density at radius 3 is 2.55 bits per heavy atom. The third-order valence-corrected chi connectivity index (χ3v) is 3.94. The summed E-state index contributed by atoms with van der Waals surface area (Å²) in [6.45, 7) is 0.558. The lowest BCUT2D eigenvalue weighted by molar-refractivity contribution is -0.123. The van der Waals surface area contributed by atoms with Gasteiger partial charge in [-0.1, -0.05) is 18.2 Å². The summed E-state index contributed by atoms with van der Waals surface area (Å²) in [6, 6.07) is 15.7. The van der Waals surface area contributed by atoms with E-state index in [0.717, 1.165) is 12.2 Å². The second-order valence-corrected chi connectivity index (χ2v) is 5.78. The maximum atomic E-state index is 12.7. The van der Waals surface area contributed by atoms with Crippen molar-refractivity contribution < 1.29 is 13.9 Å². The molecule has 0 unspecified atom stereocenters. The highest BCUT2D eigenvalue weighted by Gasteiger charge is 2.02. The monoisotopic (exact) mass is 319 g/mol. The minimum atomic E-state index is -0.326. The van der Waals surface area contributed by atoms with E-state index in [1.807, 2.05) is 18.2 Å². The largest absolute Gasteiger partial charge is 0.484 e. The molecule has 0 bridgehead atoms. The van der Waals surface area contributed by atoms with Crippen LogP contribution in [-0.4, -0.2) is 24.8 Å². The zero-order valence-corrected chi connectivity index (χ0v) is 12.9. The first-order valence-electron chi connectivity index (χ1n) is 7.07. The highest BCUT2D eigenvalue weighted by Crippen LogP contribution is 2.17. The Kier molecular flexibility index (Phi) is 6.77. The molecule has 0 saturated heterocycles. The molecule has 2 rings (SSSR count). The molecule has 3 nitrogen and oxygen atoms in total. The van der Waals surface area contributed by atoms with E-state index < -0.39 is 0 Å². The molecular weight excluding hydrogens is 301 g/mol. The predicted molar refractivity (Wildman–Crippen MR) is 86.7 cm³/mol. The Morgan fingerprint density at radius 1 is 1.09 bits per heavy atom. The third kappa shape index (κ3) is 6.18. The van der Waals surface area contributed by atoms with E-state index in [-0.39, 0.29) is 18.3 Å². The number of hydrogen-bond acceptors (Lipinski definition) is 3. The number of nitrogens with one attached hydrogen (secondary N) is 1. The number of thioether (sulfide) groups is 1. The fraction of sp³-hybridized carbons (Fsp3) is 0.235. The van der Waals surface area contributed by atoms with Crippen LogP contribution in [-0.2, 0) is 4.79 Å². The Bertz CT molecular complexity index is 575. The average Bonchev–Trinajstić information content (AvgIpc) is 2.55. The van der Waals surface area contributed by atoms with Gasteiger partial charge >= 0.3 is 0 Å². The van der Waals surface area contributed by atoms with Crippen molar-refractivity contribution in [3.05, 3.63) is 60.4 Å². The summed E-state index contributed by atoms with van der Waals surface area (Å²) in [5.74, 6) is 0.932. The molecule has 0 atom stereocenters. The SMILES string of the molecule is O=C(COc1ccc(F)cc1)NCCCSc1ccccc1. The van der Waals surface area contributed by atoms with E-state index in [2.05, 4.69) is 17.4 Å². The summed E-state index contributed by atoms with van der Waals surface area (Å²) < 4.78 is 18.0. The van der Waals surface area contributed by atoms with Gasteiger partial charge in [0.05, 0.1) is 0 Å². The highest BCUT2D eigenvalue weighted by atomic mass is 32.2. The molecule has 0 aliphatic rings. The van der Waals surface area contributed by atoms with Crippen LogP contribution in [0.2, 0.25) is 0 Å². The number of hydrogen-bond donors (Lipinski definition) is 1. The van der Waals surface area contributed by atoms with Gasteiger partial charge in [-0.25, -0.2) is 4.39 Å². The van der Waals surface area contributed by atoms with E-state index in [1.165, 1.54) is 29.2 Å². The Morgan fingerprint density at radius 2 is 1.82 bits per heavy atom. The molecule has 0 heterocycles. The summed E-state index contributed by atoms with van der Waals surface area (Å²) in [5, 5.41) is 2.80. The predicted octanol–water partition coefficient (Wildman–Crippen LogP) is 3.50. The lowest BCUT2D eigenvalue weighted by atomic mass is 10.3. The number of amides is 1. The van der Waals surface area contributed by atoms with Crippen LogP contribution in [0.25, 0.3) is 0 Å². The van der Waals surface area contributed by atoms with Gasteiger partial charge in [-0.15, -0.1) is 11.8 Å². The van der Waals surface area contributed by atoms with E-state index in [0.29, 0.717) is 12.3 Å². The van der Waals surface area contributed by atoms with E-state index in [9.17, 15) is 9.18 Å². The van der Waals surface area contributed by atoms with Crippen LogP contribution in [0.4, 0.5) is 4.39 Å². The zero-order valence-electron chi connectivity index (χ0n) is 12.1. The van der Waals surface area contributed by atoms with Crippen LogP contribution in [0.5, 0.6) is 5.75 Å². The molecule has 0 aliphatic carbocycles. The van der Waals surface area contributed by atoms with Gasteiger partial charge in [-0.05, 0) is 48.6 Å². The summed E-state index contributed by atoms with van der Waals surface area (Å²) in [4.78, 5) is 12.8. The van der Waals surface area contributed by atoms with Crippen molar-refractivity contribution in [2.75, 3.05) is 18.9 Å². The van der Waals surface area contributed by atoms with Crippen molar-refractivity contribution >= 4 is 17.7 Å². The fourth-order valence-corrected chi connectivity index (χ4v) is 2.61. The quantitative estimate of drug-likeness (QED) is 0.598. The van der Waals surface area contributed by atoms with Gasteiger partial charge in [0.1, 0.15) is 11.6 Å². The Balaban J connectivity index is 1.55. The number of halogens is 1. The standard InChI is InChI=1S/C17H18FNO2S/c18-14-7-9-15(10-8-14)21-13-17(20)19-11-4-12-22-16-5-2-1-3-6-16/h1-3,5-10H,4,11-13H2,(H,19,20). The van der Waals surface area contributed by atoms with E-state index in [1.54, 1.807) is 11.8 Å². The number of carbonyl (C=O) groups is 1. The first-order chi connectivity index (χ1) is 10.7. The second-order valence-electron chi connectivity index (χ2n) is 4.61. The van der Waals surface area contributed by atoms with Crippen molar-refractivity contribution in [1.29, 1.82) is 0 Å². The topological polar surface area (TPSA) is 38.3 Å². The van der Waals surface area contributed by atoms with E-state index >= 15 is 0 Å². The van der Waals surface area contributed by atoms with Gasteiger partial charge in [0.2, 0.25) is 0 Å². The molecule has 0 fully saturated rings. The lowest BCUT2D eigenvalue weighted by Crippen LogP contribution is -2.29. The van der Waals surface area contributed by atoms with E-state index in [4.69, 9.17) is 4.74 Å². The molecular formula is C17H18FNO2S. The third-order valence-electron chi connectivity index (χ3n) is 2.84. The van der Waals surface area contributed by atoms with Gasteiger partial charge in [0, 0.05) is 11.4 Å². The first kappa shape index (κ1) is 16.4. The van der Waals surface area contributed by atoms with Crippen LogP contribution in [0.3, 0.4) is 0 Å². The lowest BCUT2D eigenvalue weighted by Gasteiger charge is -2.07. The van der Waals surface area contributed by atoms with Gasteiger partial charge in [0.25, 0.3) is 5.91 Å². The van der Waals surface area contributed by atoms with Gasteiger partial charge < -0.3 is 10.1 Å². The number of ether oxygens (including phenoxy) is 1. The molecule has 2 aromatic rings. The van der Waals surface area contributed by atoms with Crippen LogP contribution in [0, 0.1) is 5.82 Å². The van der Waals surface area contributed by atoms with Crippen LogP contribution in [0.1, 0.15) is 6.42 Å². The van der Waals surface area contributed by atoms with Crippen LogP contribution >= 0.6 is 11.8 Å². The number of benzene rings is 2. The highest BCUT2D eigenvalue weighted by molar-refractivity contribution is 7.99. The van der Waals surface area contributed by atoms with Gasteiger partial charge in [-0.2, -0.15) is 0 Å². The van der Waals surface area contributed by atoms with Crippen molar-refractivity contribution in [2.24, 2.45) is 0 Å². The van der Waals surface area contributed by atoms with Crippen LogP contribution in [0.15, 0.2) is 59.5 Å². The zero-order chi connectivity index (χ0) is 15.6. The second kappa shape index (κ2) is 9.10. The minimum Gasteiger partial charge on any atom is -0.484 e. The molecule has 0 aliphatic heterocycles. The molecule has 1 amide bonds. The molecule has 0 saturated carbocycles. The van der Waals surface area contributed by atoms with Crippen molar-refractivity contribution in [3.8, 4) is 5.75 Å². The first-order valence-corrected chi connectivity index (χ1v) is 8.05. The molecule has 0 spiro atoms. The summed E-state index contributed by atoms with van der Waals surface area (Å²) in [5.41, 5.74) is 0. The Hall–Kier alpha value is -2.01. The Labute approximate surface area is 133 Å². The molecule has 116 valence electrons. The minimum absolute atomic E-state index is 0.0581. The molecule has 0 aromatic heterocycles. The number of rotatable bonds is 8. The van der Waals surface area contributed by atoms with Crippen LogP contribution < -0.4 is 10.1 Å². The summed E-state index contributed by atoms with van der Waals surface area (Å²) >= 11 is 1.77. The smallest absolute Gasteiger partial charge is 0.257 e. The molecule has 1 N–H and O–H groups in total. The molecule has 5 heteroatoms. The van der Waals surface area contributed by atoms with Crippen molar-refractivity contribution in [3.63, 3.8) is 0 Å². The summed E-state index contributed by atoms with van der Waals surface area (Å²) in [7, 11) is 0. The molecule has 0 radical (unpaired) electrons. The van der Waals surface area contributed by atoms with Gasteiger partial charge in [-0.3, -0.25) is 4.79 Å². The molecule has 2 aromatic carbocycles. The van der Waals surface area contributed by atoms with Crippen molar-refractivity contribution in [1.82, 2.24) is 5.32 Å². The fourth-order valence-electron chi connectivity index (χ4n) is 1.74. The van der Waals surface area contributed by atoms with Crippen molar-refractivity contribution in [2.45, 2.75) is 11.3 Å².